The van der Waals surface area contributed by atoms with Gasteiger partial charge in [-0.3, -0.25) is 9.59 Å². The van der Waals surface area contributed by atoms with Gasteiger partial charge in [0.25, 0.3) is 0 Å². The van der Waals surface area contributed by atoms with E-state index in [0.717, 1.165) is 0 Å². The molecule has 10 heteroatoms. The molecule has 140 valence electrons. The number of carbonyl (C=O) groups excluding carboxylic acids is 2. The number of rotatable bonds is 6. The fourth-order valence-corrected chi connectivity index (χ4v) is 2.03. The summed E-state index contributed by atoms with van der Waals surface area (Å²) in [5.41, 5.74) is 0.267. The molecule has 0 saturated carbocycles. The molecule has 0 aliphatic heterocycles. The first kappa shape index (κ1) is 20.8. The van der Waals surface area contributed by atoms with E-state index < -0.39 is 43.2 Å². The molecule has 0 atom stereocenters. The summed E-state index contributed by atoms with van der Waals surface area (Å²) < 4.78 is 81.1. The Balaban J connectivity index is 3.15. The minimum atomic E-state index is -5.83. The predicted molar refractivity (Wildman–Crippen MR) is 74.1 cm³/mol. The number of esters is 1. The van der Waals surface area contributed by atoms with Gasteiger partial charge in [-0.25, -0.2) is 0 Å². The zero-order chi connectivity index (χ0) is 19.3. The van der Waals surface area contributed by atoms with Gasteiger partial charge in [0.2, 0.25) is 11.8 Å². The van der Waals surface area contributed by atoms with Crippen molar-refractivity contribution in [3.05, 3.63) is 35.9 Å². The van der Waals surface area contributed by atoms with Crippen molar-refractivity contribution >= 4 is 11.9 Å². The minimum Gasteiger partial charge on any atom is -0.465 e. The smallest absolute Gasteiger partial charge is 0.409 e. The van der Waals surface area contributed by atoms with Gasteiger partial charge in [0, 0.05) is 6.54 Å². The molecule has 0 N–H and O–H groups in total. The van der Waals surface area contributed by atoms with E-state index in [0.29, 0.717) is 0 Å². The van der Waals surface area contributed by atoms with Crippen LogP contribution >= 0.6 is 0 Å². The maximum atomic E-state index is 12.8. The number of benzene rings is 1. The Bertz CT molecular complexity index is 571. The molecule has 0 saturated heterocycles. The minimum absolute atomic E-state index is 0.131. The second-order valence-electron chi connectivity index (χ2n) is 5.00. The largest absolute Gasteiger partial charge is 0.465 e. The molecule has 0 heterocycles. The van der Waals surface area contributed by atoms with Crippen LogP contribution < -0.4 is 0 Å². The Labute approximate surface area is 139 Å². The van der Waals surface area contributed by atoms with Crippen molar-refractivity contribution in [1.29, 1.82) is 0 Å². The number of carbonyl (C=O) groups is 2. The number of alkyl halides is 6. The molecule has 0 radical (unpaired) electrons. The lowest BCUT2D eigenvalue weighted by atomic mass is 10.1. The standard InChI is InChI=1S/C15H15F6NO3/c1-2-25-11(23)9-22(8-10-6-4-3-5-7-10)13(24)12(14(16,17)18)15(19,20)21/h3-7,12H,2,8-9H2,1H3. The van der Waals surface area contributed by atoms with Crippen molar-refractivity contribution in [2.45, 2.75) is 25.8 Å². The number of amides is 1. The van der Waals surface area contributed by atoms with Crippen LogP contribution in [0.3, 0.4) is 0 Å². The summed E-state index contributed by atoms with van der Waals surface area (Å²) in [6.45, 7) is -0.338. The monoisotopic (exact) mass is 371 g/mol. The molecular formula is C15H15F6NO3. The highest BCUT2D eigenvalue weighted by atomic mass is 19.4. The molecule has 25 heavy (non-hydrogen) atoms. The summed E-state index contributed by atoms with van der Waals surface area (Å²) in [7, 11) is 0. The maximum Gasteiger partial charge on any atom is 0.409 e. The first-order valence-electron chi connectivity index (χ1n) is 7.08. The quantitative estimate of drug-likeness (QED) is 0.569. The molecule has 1 aromatic rings. The molecule has 0 unspecified atom stereocenters. The van der Waals surface area contributed by atoms with Crippen molar-refractivity contribution in [3.63, 3.8) is 0 Å². The van der Waals surface area contributed by atoms with Crippen LogP contribution in [-0.4, -0.2) is 42.3 Å². The fraction of sp³-hybridized carbons (Fsp3) is 0.467. The third kappa shape index (κ3) is 6.28. The van der Waals surface area contributed by atoms with Crippen LogP contribution in [0.2, 0.25) is 0 Å². The highest BCUT2D eigenvalue weighted by Crippen LogP contribution is 2.40. The zero-order valence-electron chi connectivity index (χ0n) is 13.0. The van der Waals surface area contributed by atoms with Crippen molar-refractivity contribution in [2.24, 2.45) is 5.92 Å². The van der Waals surface area contributed by atoms with Crippen LogP contribution in [-0.2, 0) is 20.9 Å². The van der Waals surface area contributed by atoms with Gasteiger partial charge in [-0.05, 0) is 12.5 Å². The zero-order valence-corrected chi connectivity index (χ0v) is 13.0. The average molecular weight is 371 g/mol. The third-order valence-electron chi connectivity index (χ3n) is 3.05. The average Bonchev–Trinajstić information content (AvgIpc) is 2.44. The van der Waals surface area contributed by atoms with E-state index in [9.17, 15) is 35.9 Å². The summed E-state index contributed by atoms with van der Waals surface area (Å²) in [4.78, 5) is 23.6. The maximum absolute atomic E-state index is 12.8. The number of hydrogen-bond acceptors (Lipinski definition) is 3. The van der Waals surface area contributed by atoms with Gasteiger partial charge in [0.05, 0.1) is 6.61 Å². The molecule has 4 nitrogen and oxygen atoms in total. The van der Waals surface area contributed by atoms with Crippen molar-refractivity contribution < 1.29 is 40.7 Å². The second-order valence-corrected chi connectivity index (χ2v) is 5.00. The van der Waals surface area contributed by atoms with E-state index in [-0.39, 0.29) is 17.1 Å². The second kappa shape index (κ2) is 8.21. The SMILES string of the molecule is CCOC(=O)CN(Cc1ccccc1)C(=O)C(C(F)(F)F)C(F)(F)F. The van der Waals surface area contributed by atoms with Crippen LogP contribution in [0.4, 0.5) is 26.3 Å². The van der Waals surface area contributed by atoms with Gasteiger partial charge in [0.15, 0.2) is 0 Å². The van der Waals surface area contributed by atoms with E-state index in [4.69, 9.17) is 0 Å². The van der Waals surface area contributed by atoms with Crippen molar-refractivity contribution in [2.75, 3.05) is 13.2 Å². The Hall–Kier alpha value is -2.26. The molecule has 0 aliphatic carbocycles. The molecule has 1 amide bonds. The van der Waals surface area contributed by atoms with Gasteiger partial charge in [-0.1, -0.05) is 30.3 Å². The van der Waals surface area contributed by atoms with E-state index in [1.54, 1.807) is 6.07 Å². The summed E-state index contributed by atoms with van der Waals surface area (Å²) in [5, 5.41) is 0. The molecule has 0 aliphatic rings. The lowest BCUT2D eigenvalue weighted by molar-refractivity contribution is -0.278. The first-order chi connectivity index (χ1) is 11.5. The third-order valence-corrected chi connectivity index (χ3v) is 3.05. The van der Waals surface area contributed by atoms with Gasteiger partial charge in [0.1, 0.15) is 6.54 Å². The van der Waals surface area contributed by atoms with Crippen molar-refractivity contribution in [1.82, 2.24) is 4.90 Å². The lowest BCUT2D eigenvalue weighted by Crippen LogP contribution is -2.50. The van der Waals surface area contributed by atoms with Gasteiger partial charge < -0.3 is 9.64 Å². The number of ether oxygens (including phenoxy) is 1. The number of halogens is 6. The molecule has 0 fully saturated rings. The molecule has 0 bridgehead atoms. The van der Waals surface area contributed by atoms with Crippen LogP contribution in [0.15, 0.2) is 30.3 Å². The first-order valence-corrected chi connectivity index (χ1v) is 7.08. The van der Waals surface area contributed by atoms with Crippen LogP contribution in [0.1, 0.15) is 12.5 Å². The molecule has 1 rings (SSSR count). The summed E-state index contributed by atoms with van der Waals surface area (Å²) in [6, 6.07) is 7.37. The topological polar surface area (TPSA) is 46.6 Å². The Morgan fingerprint density at radius 3 is 2.00 bits per heavy atom. The molecule has 0 aromatic heterocycles. The van der Waals surface area contributed by atoms with Crippen LogP contribution in [0.5, 0.6) is 0 Å². The normalized spacial score (nSPS) is 12.2. The Morgan fingerprint density at radius 2 is 1.56 bits per heavy atom. The predicted octanol–water partition coefficient (Wildman–Crippen LogP) is 3.32. The highest BCUT2D eigenvalue weighted by Gasteiger charge is 2.62. The highest BCUT2D eigenvalue weighted by molar-refractivity contribution is 5.84. The Morgan fingerprint density at radius 1 is 1.04 bits per heavy atom. The van der Waals surface area contributed by atoms with Gasteiger partial charge in [-0.2, -0.15) is 26.3 Å². The number of nitrogens with zero attached hydrogens (tertiary/aromatic N) is 1. The van der Waals surface area contributed by atoms with E-state index in [1.807, 2.05) is 0 Å². The van der Waals surface area contributed by atoms with Crippen LogP contribution in [0, 0.1) is 5.92 Å². The van der Waals surface area contributed by atoms with Gasteiger partial charge in [-0.15, -0.1) is 0 Å². The Kier molecular flexibility index (Phi) is 6.83. The fourth-order valence-electron chi connectivity index (χ4n) is 2.03. The summed E-state index contributed by atoms with van der Waals surface area (Å²) >= 11 is 0. The molecule has 0 spiro atoms. The van der Waals surface area contributed by atoms with E-state index in [1.165, 1.54) is 31.2 Å². The van der Waals surface area contributed by atoms with E-state index in [2.05, 4.69) is 4.74 Å². The molecule has 1 aromatic carbocycles. The van der Waals surface area contributed by atoms with Gasteiger partial charge >= 0.3 is 18.3 Å². The molecular weight excluding hydrogens is 356 g/mol. The van der Waals surface area contributed by atoms with E-state index >= 15 is 0 Å². The lowest BCUT2D eigenvalue weighted by Gasteiger charge is -2.29. The summed E-state index contributed by atoms with van der Waals surface area (Å²) in [5.74, 6) is -7.56. The summed E-state index contributed by atoms with van der Waals surface area (Å²) in [6.07, 6.45) is -11.7. The van der Waals surface area contributed by atoms with Crippen LogP contribution in [0.25, 0.3) is 0 Å². The van der Waals surface area contributed by atoms with Crippen molar-refractivity contribution in [3.8, 4) is 0 Å². The number of hydrogen-bond donors (Lipinski definition) is 0.